The molecule has 0 spiro atoms. The Kier molecular flexibility index (Phi) is 4.81. The summed E-state index contributed by atoms with van der Waals surface area (Å²) in [6.45, 7) is 1.95. The lowest BCUT2D eigenvalue weighted by Crippen LogP contribution is -2.56. The third kappa shape index (κ3) is 3.14. The van der Waals surface area contributed by atoms with Crippen LogP contribution in [-0.4, -0.2) is 54.6 Å². The van der Waals surface area contributed by atoms with Gasteiger partial charge in [0.05, 0.1) is 0 Å². The first-order chi connectivity index (χ1) is 11.3. The number of thioether (sulfide) groups is 1. The molecule has 0 saturated carbocycles. The molecule has 2 saturated heterocycles. The van der Waals surface area contributed by atoms with Gasteiger partial charge in [-0.2, -0.15) is 11.8 Å². The molecule has 0 radical (unpaired) electrons. The fourth-order valence-corrected chi connectivity index (χ4v) is 5.13. The van der Waals surface area contributed by atoms with Gasteiger partial charge in [-0.05, 0) is 44.0 Å². The normalized spacial score (nSPS) is 27.2. The summed E-state index contributed by atoms with van der Waals surface area (Å²) in [5.41, 5.74) is 0.569. The van der Waals surface area contributed by atoms with Crippen LogP contribution in [0.4, 0.5) is 5.69 Å². The quantitative estimate of drug-likeness (QED) is 0.876. The van der Waals surface area contributed by atoms with E-state index in [-0.39, 0.29) is 6.10 Å². The molecule has 3 rings (SSSR count). The van der Waals surface area contributed by atoms with Gasteiger partial charge in [-0.3, -0.25) is 4.79 Å². The van der Waals surface area contributed by atoms with Gasteiger partial charge >= 0.3 is 0 Å². The number of anilines is 1. The second kappa shape index (κ2) is 6.57. The molecular weight excluding hydrogens is 348 g/mol. The minimum absolute atomic E-state index is 0.261. The van der Waals surface area contributed by atoms with Gasteiger partial charge in [-0.15, -0.1) is 0 Å². The monoisotopic (exact) mass is 370 g/mol. The summed E-state index contributed by atoms with van der Waals surface area (Å²) in [6, 6.07) is 7.06. The minimum Gasteiger partial charge on any atom is -0.489 e. The molecule has 0 unspecified atom stereocenters. The summed E-state index contributed by atoms with van der Waals surface area (Å²) in [7, 11) is -2.13. The third-order valence-corrected chi connectivity index (χ3v) is 8.36. The number of amides is 1. The molecule has 1 atom stereocenters. The maximum atomic E-state index is 12.6. The highest BCUT2D eigenvalue weighted by Gasteiger charge is 2.50. The number of benzene rings is 1. The summed E-state index contributed by atoms with van der Waals surface area (Å²) in [5, 5.41) is 2.73. The second-order valence-corrected chi connectivity index (χ2v) is 9.97. The highest BCUT2D eigenvalue weighted by molar-refractivity contribution is 8.00. The number of hydrogen-bond donors (Lipinski definition) is 1. The van der Waals surface area contributed by atoms with E-state index in [1.807, 2.05) is 11.8 Å². The molecule has 2 aliphatic rings. The molecule has 1 aromatic carbocycles. The summed E-state index contributed by atoms with van der Waals surface area (Å²) in [5.74, 6) is 2.28. The summed E-state index contributed by atoms with van der Waals surface area (Å²) in [4.78, 5) is 12.6. The molecule has 0 bridgehead atoms. The van der Waals surface area contributed by atoms with Crippen LogP contribution in [0.5, 0.6) is 5.75 Å². The maximum absolute atomic E-state index is 12.6. The molecule has 0 aliphatic carbocycles. The predicted octanol–water partition coefficient (Wildman–Crippen LogP) is 1.93. The van der Waals surface area contributed by atoms with Crippen molar-refractivity contribution in [2.75, 3.05) is 30.4 Å². The van der Waals surface area contributed by atoms with E-state index < -0.39 is 20.7 Å². The van der Waals surface area contributed by atoms with E-state index in [1.165, 1.54) is 18.3 Å². The molecule has 1 N–H and O–H groups in total. The molecule has 2 aliphatic heterocycles. The van der Waals surface area contributed by atoms with Crippen molar-refractivity contribution in [3.8, 4) is 5.75 Å². The molecule has 2 heterocycles. The van der Waals surface area contributed by atoms with Gasteiger partial charge in [-0.25, -0.2) is 12.7 Å². The first-order valence-electron chi connectivity index (χ1n) is 7.95. The van der Waals surface area contributed by atoms with Gasteiger partial charge in [0.25, 0.3) is 0 Å². The van der Waals surface area contributed by atoms with Crippen LogP contribution in [0, 0.1) is 0 Å². The standard InChI is InChI=1S/C16H22N2O4S2/c1-16(8-3-9-18(2)24(16,20)21)15(19)17-12-4-6-13(7-5-12)22-14-10-23-11-14/h4-7,14H,3,8-11H2,1-2H3,(H,17,19)/t16-/m1/s1. The van der Waals surface area contributed by atoms with Crippen molar-refractivity contribution in [2.45, 2.75) is 30.6 Å². The Hall–Kier alpha value is -1.25. The molecule has 1 amide bonds. The molecule has 0 aromatic heterocycles. The summed E-state index contributed by atoms with van der Waals surface area (Å²) < 4.78 is 30.6. The van der Waals surface area contributed by atoms with E-state index in [4.69, 9.17) is 4.74 Å². The van der Waals surface area contributed by atoms with Gasteiger partial charge in [0, 0.05) is 30.8 Å². The van der Waals surface area contributed by atoms with E-state index in [9.17, 15) is 13.2 Å². The van der Waals surface area contributed by atoms with Crippen LogP contribution in [0.1, 0.15) is 19.8 Å². The van der Waals surface area contributed by atoms with Crippen molar-refractivity contribution >= 4 is 33.4 Å². The molecule has 24 heavy (non-hydrogen) atoms. The number of nitrogens with zero attached hydrogens (tertiary/aromatic N) is 1. The molecule has 132 valence electrons. The van der Waals surface area contributed by atoms with E-state index in [0.717, 1.165) is 17.3 Å². The van der Waals surface area contributed by atoms with Crippen LogP contribution >= 0.6 is 11.8 Å². The lowest BCUT2D eigenvalue weighted by molar-refractivity contribution is -0.118. The molecular formula is C16H22N2O4S2. The van der Waals surface area contributed by atoms with Crippen LogP contribution in [-0.2, 0) is 14.8 Å². The van der Waals surface area contributed by atoms with Gasteiger partial charge < -0.3 is 10.1 Å². The Bertz CT molecular complexity index is 716. The highest BCUT2D eigenvalue weighted by atomic mass is 32.2. The number of carbonyl (C=O) groups is 1. The van der Waals surface area contributed by atoms with Crippen LogP contribution < -0.4 is 10.1 Å². The van der Waals surface area contributed by atoms with Gasteiger partial charge in [0.15, 0.2) is 4.75 Å². The molecule has 1 aromatic rings. The van der Waals surface area contributed by atoms with Crippen molar-refractivity contribution in [1.29, 1.82) is 0 Å². The second-order valence-electron chi connectivity index (χ2n) is 6.42. The Morgan fingerprint density at radius 3 is 2.58 bits per heavy atom. The third-order valence-electron chi connectivity index (χ3n) is 4.61. The van der Waals surface area contributed by atoms with E-state index >= 15 is 0 Å². The number of carbonyl (C=O) groups excluding carboxylic acids is 1. The Morgan fingerprint density at radius 1 is 1.33 bits per heavy atom. The van der Waals surface area contributed by atoms with E-state index in [2.05, 4.69) is 5.32 Å². The zero-order valence-corrected chi connectivity index (χ0v) is 15.5. The average Bonchev–Trinajstić information content (AvgIpc) is 2.50. The Balaban J connectivity index is 1.69. The largest absolute Gasteiger partial charge is 0.489 e. The Labute approximate surface area is 147 Å². The van der Waals surface area contributed by atoms with Crippen molar-refractivity contribution in [1.82, 2.24) is 4.31 Å². The summed E-state index contributed by atoms with van der Waals surface area (Å²) in [6.07, 6.45) is 1.26. The minimum atomic E-state index is -3.65. The number of nitrogens with one attached hydrogen (secondary N) is 1. The van der Waals surface area contributed by atoms with Crippen LogP contribution in [0.25, 0.3) is 0 Å². The Morgan fingerprint density at radius 2 is 2.00 bits per heavy atom. The van der Waals surface area contributed by atoms with Crippen molar-refractivity contribution in [3.05, 3.63) is 24.3 Å². The number of rotatable bonds is 4. The first-order valence-corrected chi connectivity index (χ1v) is 10.5. The fraction of sp³-hybridized carbons (Fsp3) is 0.562. The molecule has 6 nitrogen and oxygen atoms in total. The lowest BCUT2D eigenvalue weighted by atomic mass is 10.0. The van der Waals surface area contributed by atoms with Crippen molar-refractivity contribution < 1.29 is 17.9 Å². The van der Waals surface area contributed by atoms with Gasteiger partial charge in [0.1, 0.15) is 11.9 Å². The number of hydrogen-bond acceptors (Lipinski definition) is 5. The molecule has 2 fully saturated rings. The first kappa shape index (κ1) is 17.6. The summed E-state index contributed by atoms with van der Waals surface area (Å²) >= 11 is 1.85. The zero-order chi connectivity index (χ0) is 17.4. The van der Waals surface area contributed by atoms with Gasteiger partial charge in [0.2, 0.25) is 15.9 Å². The average molecular weight is 370 g/mol. The SMILES string of the molecule is CN1CCC[C@](C)(C(=O)Nc2ccc(OC3CSC3)cc2)S1(=O)=O. The van der Waals surface area contributed by atoms with Crippen molar-refractivity contribution in [3.63, 3.8) is 0 Å². The lowest BCUT2D eigenvalue weighted by Gasteiger charge is -2.36. The predicted molar refractivity (Wildman–Crippen MR) is 96.0 cm³/mol. The van der Waals surface area contributed by atoms with Gasteiger partial charge in [-0.1, -0.05) is 0 Å². The highest BCUT2D eigenvalue weighted by Crippen LogP contribution is 2.32. The van der Waals surface area contributed by atoms with E-state index in [1.54, 1.807) is 24.3 Å². The molecule has 8 heteroatoms. The van der Waals surface area contributed by atoms with Crippen molar-refractivity contribution in [2.24, 2.45) is 0 Å². The zero-order valence-electron chi connectivity index (χ0n) is 13.8. The smallest absolute Gasteiger partial charge is 0.246 e. The number of ether oxygens (including phenoxy) is 1. The maximum Gasteiger partial charge on any atom is 0.246 e. The van der Waals surface area contributed by atoms with E-state index in [0.29, 0.717) is 25.1 Å². The van der Waals surface area contributed by atoms with Crippen LogP contribution in [0.3, 0.4) is 0 Å². The van der Waals surface area contributed by atoms with Crippen LogP contribution in [0.2, 0.25) is 0 Å². The fourth-order valence-electron chi connectivity index (χ4n) is 2.82. The number of sulfonamides is 1. The topological polar surface area (TPSA) is 75.7 Å². The van der Waals surface area contributed by atoms with Crippen LogP contribution in [0.15, 0.2) is 24.3 Å².